The van der Waals surface area contributed by atoms with Crippen molar-refractivity contribution in [3.05, 3.63) is 71.9 Å². The number of hydrogen-bond acceptors (Lipinski definition) is 6. The summed E-state index contributed by atoms with van der Waals surface area (Å²) in [6.45, 7) is 6.57. The summed E-state index contributed by atoms with van der Waals surface area (Å²) in [6, 6.07) is 19.0. The minimum atomic E-state index is 0.569. The number of piperazine rings is 1. The summed E-state index contributed by atoms with van der Waals surface area (Å²) in [7, 11) is 0. The normalized spacial score (nSPS) is 14.3. The summed E-state index contributed by atoms with van der Waals surface area (Å²) >= 11 is 0. The summed E-state index contributed by atoms with van der Waals surface area (Å²) in [5.74, 6) is 1.45. The lowest BCUT2D eigenvalue weighted by molar-refractivity contribution is 0.644. The first-order valence-corrected chi connectivity index (χ1v) is 9.32. The molecule has 1 aliphatic rings. The van der Waals surface area contributed by atoms with Gasteiger partial charge in [-0.1, -0.05) is 48.0 Å². The van der Waals surface area contributed by atoms with E-state index in [2.05, 4.69) is 91.8 Å². The minimum absolute atomic E-state index is 0.569. The highest BCUT2D eigenvalue weighted by Crippen LogP contribution is 2.19. The molecular formula is C21H24N6. The standard InChI is InChI=1S/C21H24N6/c1-17-6-5-7-18(14-17)15-22-21-24-20(16-23-25-21)27-12-10-26(11-13-27)19-8-3-2-4-9-19/h2-9,14,16H,10-13,15H2,1H3,(H,22,24,25). The molecule has 0 amide bonds. The van der Waals surface area contributed by atoms with Crippen molar-refractivity contribution < 1.29 is 0 Å². The van der Waals surface area contributed by atoms with Crippen LogP contribution in [-0.2, 0) is 6.54 Å². The molecule has 0 atom stereocenters. The molecule has 0 bridgehead atoms. The fourth-order valence-electron chi connectivity index (χ4n) is 3.36. The van der Waals surface area contributed by atoms with Gasteiger partial charge in [-0.3, -0.25) is 0 Å². The van der Waals surface area contributed by atoms with E-state index in [1.54, 1.807) is 6.20 Å². The predicted octanol–water partition coefficient (Wildman–Crippen LogP) is 3.12. The van der Waals surface area contributed by atoms with Crippen LogP contribution in [0.1, 0.15) is 11.1 Å². The van der Waals surface area contributed by atoms with E-state index < -0.39 is 0 Å². The number of rotatable bonds is 5. The lowest BCUT2D eigenvalue weighted by atomic mass is 10.1. The Bertz CT molecular complexity index is 875. The largest absolute Gasteiger partial charge is 0.368 e. The zero-order valence-corrected chi connectivity index (χ0v) is 15.5. The average molecular weight is 360 g/mol. The summed E-state index contributed by atoms with van der Waals surface area (Å²) in [5.41, 5.74) is 3.73. The molecule has 1 aliphatic heterocycles. The second kappa shape index (κ2) is 8.03. The topological polar surface area (TPSA) is 57.2 Å². The van der Waals surface area contributed by atoms with Crippen molar-refractivity contribution in [2.24, 2.45) is 0 Å². The van der Waals surface area contributed by atoms with Gasteiger partial charge in [-0.2, -0.15) is 10.1 Å². The van der Waals surface area contributed by atoms with Crippen molar-refractivity contribution in [2.75, 3.05) is 41.3 Å². The molecule has 0 radical (unpaired) electrons. The molecule has 3 aromatic rings. The molecule has 138 valence electrons. The van der Waals surface area contributed by atoms with E-state index in [9.17, 15) is 0 Å². The number of para-hydroxylation sites is 1. The molecule has 1 N–H and O–H groups in total. The lowest BCUT2D eigenvalue weighted by Gasteiger charge is -2.36. The van der Waals surface area contributed by atoms with Crippen molar-refractivity contribution in [1.82, 2.24) is 15.2 Å². The van der Waals surface area contributed by atoms with Gasteiger partial charge in [0.15, 0.2) is 5.82 Å². The molecule has 6 nitrogen and oxygen atoms in total. The molecule has 2 aromatic carbocycles. The molecule has 6 heteroatoms. The van der Waals surface area contributed by atoms with E-state index >= 15 is 0 Å². The van der Waals surface area contributed by atoms with Gasteiger partial charge in [-0.15, -0.1) is 5.10 Å². The van der Waals surface area contributed by atoms with Crippen LogP contribution in [0.5, 0.6) is 0 Å². The van der Waals surface area contributed by atoms with Crippen LogP contribution in [0.4, 0.5) is 17.5 Å². The third-order valence-corrected chi connectivity index (χ3v) is 4.80. The summed E-state index contributed by atoms with van der Waals surface area (Å²) in [4.78, 5) is 9.33. The van der Waals surface area contributed by atoms with Crippen molar-refractivity contribution in [1.29, 1.82) is 0 Å². The first kappa shape index (κ1) is 17.3. The van der Waals surface area contributed by atoms with E-state index in [0.29, 0.717) is 12.5 Å². The molecular weight excluding hydrogens is 336 g/mol. The Hall–Kier alpha value is -3.15. The predicted molar refractivity (Wildman–Crippen MR) is 109 cm³/mol. The number of benzene rings is 2. The number of anilines is 3. The monoisotopic (exact) mass is 360 g/mol. The zero-order valence-electron chi connectivity index (χ0n) is 15.5. The van der Waals surface area contributed by atoms with Gasteiger partial charge in [0, 0.05) is 38.4 Å². The fraction of sp³-hybridized carbons (Fsp3) is 0.286. The molecule has 0 aliphatic carbocycles. The van der Waals surface area contributed by atoms with Crippen LogP contribution in [0.2, 0.25) is 0 Å². The van der Waals surface area contributed by atoms with Crippen LogP contribution in [-0.4, -0.2) is 41.4 Å². The van der Waals surface area contributed by atoms with Gasteiger partial charge in [0.2, 0.25) is 5.95 Å². The van der Waals surface area contributed by atoms with Gasteiger partial charge < -0.3 is 15.1 Å². The Balaban J connectivity index is 1.37. The zero-order chi connectivity index (χ0) is 18.5. The number of aromatic nitrogens is 3. The maximum atomic E-state index is 4.65. The quantitative estimate of drug-likeness (QED) is 0.754. The van der Waals surface area contributed by atoms with Gasteiger partial charge >= 0.3 is 0 Å². The van der Waals surface area contributed by atoms with Crippen molar-refractivity contribution in [3.63, 3.8) is 0 Å². The van der Waals surface area contributed by atoms with Crippen LogP contribution in [0.15, 0.2) is 60.8 Å². The molecule has 4 rings (SSSR count). The maximum absolute atomic E-state index is 4.65. The van der Waals surface area contributed by atoms with E-state index in [4.69, 9.17) is 0 Å². The van der Waals surface area contributed by atoms with E-state index in [1.807, 2.05) is 0 Å². The number of nitrogens with one attached hydrogen (secondary N) is 1. The molecule has 1 aromatic heterocycles. The van der Waals surface area contributed by atoms with Gasteiger partial charge in [0.25, 0.3) is 0 Å². The second-order valence-electron chi connectivity index (χ2n) is 6.79. The Morgan fingerprint density at radius 3 is 2.48 bits per heavy atom. The number of nitrogens with zero attached hydrogens (tertiary/aromatic N) is 5. The summed E-state index contributed by atoms with van der Waals surface area (Å²) in [5, 5.41) is 11.5. The minimum Gasteiger partial charge on any atom is -0.368 e. The second-order valence-corrected chi connectivity index (χ2v) is 6.79. The SMILES string of the molecule is Cc1cccc(CNc2nncc(N3CCN(c4ccccc4)CC3)n2)c1. The molecule has 27 heavy (non-hydrogen) atoms. The van der Waals surface area contributed by atoms with Crippen molar-refractivity contribution in [2.45, 2.75) is 13.5 Å². The summed E-state index contributed by atoms with van der Waals surface area (Å²) in [6.07, 6.45) is 1.75. The van der Waals surface area contributed by atoms with E-state index in [1.165, 1.54) is 16.8 Å². The van der Waals surface area contributed by atoms with Crippen molar-refractivity contribution in [3.8, 4) is 0 Å². The Morgan fingerprint density at radius 1 is 0.926 bits per heavy atom. The molecule has 0 saturated carbocycles. The molecule has 1 saturated heterocycles. The van der Waals surface area contributed by atoms with Crippen LogP contribution in [0.25, 0.3) is 0 Å². The number of hydrogen-bond donors (Lipinski definition) is 1. The maximum Gasteiger partial charge on any atom is 0.244 e. The average Bonchev–Trinajstić information content (AvgIpc) is 2.73. The smallest absolute Gasteiger partial charge is 0.244 e. The van der Waals surface area contributed by atoms with Gasteiger partial charge in [-0.25, -0.2) is 0 Å². The molecule has 0 spiro atoms. The first-order valence-electron chi connectivity index (χ1n) is 9.32. The number of aryl methyl sites for hydroxylation is 1. The van der Waals surface area contributed by atoms with Gasteiger partial charge in [0.1, 0.15) is 0 Å². The van der Waals surface area contributed by atoms with Crippen LogP contribution in [0, 0.1) is 6.92 Å². The van der Waals surface area contributed by atoms with E-state index in [0.717, 1.165) is 32.0 Å². The van der Waals surface area contributed by atoms with Gasteiger partial charge in [-0.05, 0) is 24.6 Å². The molecule has 0 unspecified atom stereocenters. The summed E-state index contributed by atoms with van der Waals surface area (Å²) < 4.78 is 0. The third-order valence-electron chi connectivity index (χ3n) is 4.80. The third kappa shape index (κ3) is 4.34. The lowest BCUT2D eigenvalue weighted by Crippen LogP contribution is -2.46. The molecule has 1 fully saturated rings. The van der Waals surface area contributed by atoms with Gasteiger partial charge in [0.05, 0.1) is 6.20 Å². The fourth-order valence-corrected chi connectivity index (χ4v) is 3.36. The Morgan fingerprint density at radius 2 is 1.70 bits per heavy atom. The van der Waals surface area contributed by atoms with Crippen LogP contribution >= 0.6 is 0 Å². The Labute approximate surface area is 159 Å². The van der Waals surface area contributed by atoms with Crippen LogP contribution in [0.3, 0.4) is 0 Å². The molecule has 2 heterocycles. The highest BCUT2D eigenvalue weighted by atomic mass is 15.3. The highest BCUT2D eigenvalue weighted by molar-refractivity contribution is 5.49. The Kier molecular flexibility index (Phi) is 5.14. The van der Waals surface area contributed by atoms with E-state index in [-0.39, 0.29) is 0 Å². The van der Waals surface area contributed by atoms with Crippen molar-refractivity contribution >= 4 is 17.5 Å². The van der Waals surface area contributed by atoms with Crippen LogP contribution < -0.4 is 15.1 Å². The highest BCUT2D eigenvalue weighted by Gasteiger charge is 2.19. The first-order chi connectivity index (χ1) is 13.3.